The van der Waals surface area contributed by atoms with Crippen molar-refractivity contribution in [3.8, 4) is 0 Å². The minimum absolute atomic E-state index is 0.0620. The Bertz CT molecular complexity index is 604. The molecule has 142 valence electrons. The average Bonchev–Trinajstić information content (AvgIpc) is 2.96. The molecule has 1 aromatic carbocycles. The van der Waals surface area contributed by atoms with Gasteiger partial charge in [-0.25, -0.2) is 4.39 Å². The number of halogens is 1. The quantitative estimate of drug-likeness (QED) is 0.828. The van der Waals surface area contributed by atoms with Crippen LogP contribution in [0.15, 0.2) is 24.3 Å². The van der Waals surface area contributed by atoms with Crippen molar-refractivity contribution in [1.29, 1.82) is 0 Å². The molecule has 0 unspecified atom stereocenters. The van der Waals surface area contributed by atoms with Crippen molar-refractivity contribution in [1.82, 2.24) is 9.80 Å². The van der Waals surface area contributed by atoms with E-state index in [9.17, 15) is 14.0 Å². The molecular formula is C20H28FN3O2. The first-order valence-electron chi connectivity index (χ1n) is 9.69. The Balaban J connectivity index is 1.42. The van der Waals surface area contributed by atoms with Gasteiger partial charge in [0.1, 0.15) is 5.82 Å². The molecule has 0 bridgehead atoms. The Morgan fingerprint density at radius 3 is 1.77 bits per heavy atom. The second-order valence-corrected chi connectivity index (χ2v) is 7.14. The Labute approximate surface area is 154 Å². The number of carbonyl (C=O) groups excluding carboxylic acids is 2. The van der Waals surface area contributed by atoms with E-state index in [4.69, 9.17) is 0 Å². The summed E-state index contributed by atoms with van der Waals surface area (Å²) in [4.78, 5) is 30.7. The van der Waals surface area contributed by atoms with Crippen LogP contribution in [0.5, 0.6) is 0 Å². The number of carbonyl (C=O) groups is 2. The number of benzene rings is 1. The summed E-state index contributed by atoms with van der Waals surface area (Å²) < 4.78 is 13.0. The van der Waals surface area contributed by atoms with Crippen LogP contribution in [-0.2, 0) is 9.59 Å². The van der Waals surface area contributed by atoms with Crippen LogP contribution in [0, 0.1) is 5.82 Å². The SMILES string of the molecule is O=C(CCC(=O)N1CCN(c2ccc(F)cc2)CC1)N1CCCCCC1. The van der Waals surface area contributed by atoms with Gasteiger partial charge in [-0.2, -0.15) is 0 Å². The molecule has 0 aromatic heterocycles. The van der Waals surface area contributed by atoms with E-state index in [0.717, 1.165) is 44.7 Å². The van der Waals surface area contributed by atoms with Crippen molar-refractivity contribution < 1.29 is 14.0 Å². The van der Waals surface area contributed by atoms with Gasteiger partial charge in [0.15, 0.2) is 0 Å². The number of hydrogen-bond acceptors (Lipinski definition) is 3. The highest BCUT2D eigenvalue weighted by molar-refractivity contribution is 5.84. The van der Waals surface area contributed by atoms with Gasteiger partial charge in [0.25, 0.3) is 0 Å². The smallest absolute Gasteiger partial charge is 0.223 e. The van der Waals surface area contributed by atoms with Crippen molar-refractivity contribution in [3.05, 3.63) is 30.1 Å². The number of rotatable bonds is 4. The van der Waals surface area contributed by atoms with Crippen molar-refractivity contribution in [2.75, 3.05) is 44.2 Å². The number of hydrogen-bond donors (Lipinski definition) is 0. The highest BCUT2D eigenvalue weighted by Gasteiger charge is 2.23. The van der Waals surface area contributed by atoms with Gasteiger partial charge in [-0.15, -0.1) is 0 Å². The van der Waals surface area contributed by atoms with Crippen molar-refractivity contribution in [2.24, 2.45) is 0 Å². The van der Waals surface area contributed by atoms with Gasteiger partial charge in [0.2, 0.25) is 11.8 Å². The molecule has 2 fully saturated rings. The highest BCUT2D eigenvalue weighted by atomic mass is 19.1. The molecule has 6 heteroatoms. The van der Waals surface area contributed by atoms with Crippen LogP contribution in [0.1, 0.15) is 38.5 Å². The zero-order valence-electron chi connectivity index (χ0n) is 15.3. The molecule has 0 spiro atoms. The first-order chi connectivity index (χ1) is 12.6. The minimum Gasteiger partial charge on any atom is -0.368 e. The maximum atomic E-state index is 13.0. The lowest BCUT2D eigenvalue weighted by atomic mass is 10.2. The molecule has 2 saturated heterocycles. The number of nitrogens with zero attached hydrogens (tertiary/aromatic N) is 3. The predicted molar refractivity (Wildman–Crippen MR) is 99.5 cm³/mol. The Hall–Kier alpha value is -2.11. The molecule has 0 radical (unpaired) electrons. The van der Waals surface area contributed by atoms with Gasteiger partial charge in [0.05, 0.1) is 0 Å². The van der Waals surface area contributed by atoms with E-state index in [1.54, 1.807) is 12.1 Å². The molecule has 0 saturated carbocycles. The van der Waals surface area contributed by atoms with Gasteiger partial charge in [-0.1, -0.05) is 12.8 Å². The molecule has 2 heterocycles. The number of amides is 2. The molecule has 0 atom stereocenters. The summed E-state index contributed by atoms with van der Waals surface area (Å²) in [6.45, 7) is 4.43. The zero-order valence-corrected chi connectivity index (χ0v) is 15.3. The third kappa shape index (κ3) is 4.96. The van der Waals surface area contributed by atoms with E-state index in [0.29, 0.717) is 25.9 Å². The summed E-state index contributed by atoms with van der Waals surface area (Å²) >= 11 is 0. The lowest BCUT2D eigenvalue weighted by Crippen LogP contribution is -2.49. The summed E-state index contributed by atoms with van der Waals surface area (Å²) in [6.07, 6.45) is 5.15. The van der Waals surface area contributed by atoms with Crippen LogP contribution in [0.3, 0.4) is 0 Å². The fraction of sp³-hybridized carbons (Fsp3) is 0.600. The standard InChI is InChI=1S/C20H28FN3O2/c21-17-5-7-18(8-6-17)22-13-15-24(16-14-22)20(26)10-9-19(25)23-11-3-1-2-4-12-23/h5-8H,1-4,9-16H2. The summed E-state index contributed by atoms with van der Waals surface area (Å²) in [5.41, 5.74) is 0.981. The zero-order chi connectivity index (χ0) is 18.4. The third-order valence-electron chi connectivity index (χ3n) is 5.34. The van der Waals surface area contributed by atoms with Gasteiger partial charge in [-0.05, 0) is 37.1 Å². The Morgan fingerprint density at radius 2 is 1.23 bits per heavy atom. The first kappa shape index (κ1) is 18.7. The van der Waals surface area contributed by atoms with Crippen LogP contribution < -0.4 is 4.90 Å². The van der Waals surface area contributed by atoms with Gasteiger partial charge in [0, 0.05) is 57.8 Å². The van der Waals surface area contributed by atoms with E-state index < -0.39 is 0 Å². The molecule has 3 rings (SSSR count). The van der Waals surface area contributed by atoms with Crippen molar-refractivity contribution >= 4 is 17.5 Å². The molecular weight excluding hydrogens is 333 g/mol. The predicted octanol–water partition coefficient (Wildman–Crippen LogP) is 2.66. The van der Waals surface area contributed by atoms with E-state index in [2.05, 4.69) is 4.90 Å². The molecule has 1 aromatic rings. The largest absolute Gasteiger partial charge is 0.368 e. The average molecular weight is 361 g/mol. The van der Waals surface area contributed by atoms with Crippen LogP contribution in [0.2, 0.25) is 0 Å². The lowest BCUT2D eigenvalue weighted by molar-refractivity contribution is -0.137. The van der Waals surface area contributed by atoms with Crippen molar-refractivity contribution in [2.45, 2.75) is 38.5 Å². The molecule has 26 heavy (non-hydrogen) atoms. The molecule has 0 N–H and O–H groups in total. The number of piperazine rings is 1. The Morgan fingerprint density at radius 1 is 0.731 bits per heavy atom. The second kappa shape index (κ2) is 9.01. The van der Waals surface area contributed by atoms with Gasteiger partial charge >= 0.3 is 0 Å². The maximum Gasteiger partial charge on any atom is 0.223 e. The van der Waals surface area contributed by atoms with Gasteiger partial charge < -0.3 is 14.7 Å². The number of likely N-dealkylation sites (tertiary alicyclic amines) is 1. The summed E-state index contributed by atoms with van der Waals surface area (Å²) in [5, 5.41) is 0. The molecule has 5 nitrogen and oxygen atoms in total. The number of anilines is 1. The fourth-order valence-electron chi connectivity index (χ4n) is 3.72. The normalized spacial score (nSPS) is 18.6. The fourth-order valence-corrected chi connectivity index (χ4v) is 3.72. The van der Waals surface area contributed by atoms with E-state index in [-0.39, 0.29) is 17.6 Å². The van der Waals surface area contributed by atoms with Crippen LogP contribution in [0.25, 0.3) is 0 Å². The molecule has 2 aliphatic rings. The maximum absolute atomic E-state index is 13.0. The first-order valence-corrected chi connectivity index (χ1v) is 9.69. The van der Waals surface area contributed by atoms with E-state index in [1.165, 1.54) is 25.0 Å². The molecule has 0 aliphatic carbocycles. The van der Waals surface area contributed by atoms with E-state index in [1.807, 2.05) is 9.80 Å². The highest BCUT2D eigenvalue weighted by Crippen LogP contribution is 2.18. The Kier molecular flexibility index (Phi) is 6.47. The van der Waals surface area contributed by atoms with Gasteiger partial charge in [-0.3, -0.25) is 9.59 Å². The summed E-state index contributed by atoms with van der Waals surface area (Å²) in [7, 11) is 0. The molecule has 2 amide bonds. The van der Waals surface area contributed by atoms with Crippen LogP contribution in [-0.4, -0.2) is 60.9 Å². The second-order valence-electron chi connectivity index (χ2n) is 7.14. The third-order valence-corrected chi connectivity index (χ3v) is 5.34. The summed E-state index contributed by atoms with van der Waals surface area (Å²) in [6, 6.07) is 6.46. The monoisotopic (exact) mass is 361 g/mol. The minimum atomic E-state index is -0.239. The van der Waals surface area contributed by atoms with E-state index >= 15 is 0 Å². The lowest BCUT2D eigenvalue weighted by Gasteiger charge is -2.36. The van der Waals surface area contributed by atoms with Crippen molar-refractivity contribution in [3.63, 3.8) is 0 Å². The van der Waals surface area contributed by atoms with Crippen LogP contribution >= 0.6 is 0 Å². The van der Waals surface area contributed by atoms with Crippen LogP contribution in [0.4, 0.5) is 10.1 Å². The summed E-state index contributed by atoms with van der Waals surface area (Å²) in [5.74, 6) is -0.0613. The topological polar surface area (TPSA) is 43.9 Å². The molecule has 2 aliphatic heterocycles.